The van der Waals surface area contributed by atoms with Gasteiger partial charge in [-0.1, -0.05) is 15.9 Å². The number of aliphatic imine (C=N–C) groups is 1. The van der Waals surface area contributed by atoms with Crippen molar-refractivity contribution < 1.29 is 37.3 Å². The summed E-state index contributed by atoms with van der Waals surface area (Å²) in [5.41, 5.74) is 1.02. The average Bonchev–Trinajstić information content (AvgIpc) is 3.09. The molecule has 0 aliphatic carbocycles. The molecule has 0 amide bonds. The first-order chi connectivity index (χ1) is 14.4. The third-order valence-corrected chi connectivity index (χ3v) is 4.73. The highest BCUT2D eigenvalue weighted by Crippen LogP contribution is 2.35. The summed E-state index contributed by atoms with van der Waals surface area (Å²) in [5, 5.41) is 0. The molecule has 0 unspecified atom stereocenters. The van der Waals surface area contributed by atoms with Crippen LogP contribution in [0.3, 0.4) is 0 Å². The van der Waals surface area contributed by atoms with Crippen LogP contribution in [-0.4, -0.2) is 39.8 Å². The molecule has 0 saturated heterocycles. The number of benzene rings is 2. The molecule has 0 atom stereocenters. The van der Waals surface area contributed by atoms with E-state index in [1.54, 1.807) is 12.1 Å². The van der Waals surface area contributed by atoms with Crippen LogP contribution in [0.1, 0.15) is 11.1 Å². The average molecular weight is 484 g/mol. The molecule has 1 aliphatic heterocycles. The van der Waals surface area contributed by atoms with Gasteiger partial charge < -0.3 is 23.7 Å². The normalized spacial score (nSPS) is 14.6. The summed E-state index contributed by atoms with van der Waals surface area (Å²) in [6, 6.07) is 7.48. The molecule has 7 nitrogen and oxygen atoms in total. The quantitative estimate of drug-likeness (QED) is 0.428. The second-order valence-electron chi connectivity index (χ2n) is 5.81. The number of hydrogen-bond acceptors (Lipinski definition) is 7. The Morgan fingerprint density at radius 1 is 1.00 bits per heavy atom. The van der Waals surface area contributed by atoms with Crippen LogP contribution < -0.4 is 18.9 Å². The summed E-state index contributed by atoms with van der Waals surface area (Å²) < 4.78 is 50.8. The minimum absolute atomic E-state index is 0.00439. The number of methoxy groups -OCH3 is 3. The number of hydrogen-bond donors (Lipinski definition) is 0. The second-order valence-corrected chi connectivity index (χ2v) is 6.66. The Labute approximate surface area is 179 Å². The monoisotopic (exact) mass is 483 g/mol. The van der Waals surface area contributed by atoms with E-state index in [9.17, 15) is 13.6 Å². The van der Waals surface area contributed by atoms with Gasteiger partial charge in [-0.2, -0.15) is 8.78 Å². The van der Waals surface area contributed by atoms with Crippen molar-refractivity contribution in [3.63, 3.8) is 0 Å². The van der Waals surface area contributed by atoms with Crippen LogP contribution in [-0.2, 0) is 9.53 Å². The molecule has 0 aromatic heterocycles. The van der Waals surface area contributed by atoms with Gasteiger partial charge in [-0.05, 0) is 42.0 Å². The van der Waals surface area contributed by atoms with Gasteiger partial charge in [-0.25, -0.2) is 9.79 Å². The molecule has 30 heavy (non-hydrogen) atoms. The molecule has 0 radical (unpaired) electrons. The molecule has 0 N–H and O–H groups in total. The van der Waals surface area contributed by atoms with E-state index in [1.165, 1.54) is 45.6 Å². The van der Waals surface area contributed by atoms with Crippen molar-refractivity contribution in [2.24, 2.45) is 4.99 Å². The lowest BCUT2D eigenvalue weighted by Crippen LogP contribution is -2.07. The smallest absolute Gasteiger partial charge is 0.387 e. The van der Waals surface area contributed by atoms with Crippen molar-refractivity contribution in [3.05, 3.63) is 51.6 Å². The fourth-order valence-electron chi connectivity index (χ4n) is 2.65. The molecule has 0 bridgehead atoms. The van der Waals surface area contributed by atoms with Crippen LogP contribution >= 0.6 is 15.9 Å². The molecular weight excluding hydrogens is 468 g/mol. The van der Waals surface area contributed by atoms with Crippen LogP contribution in [0.4, 0.5) is 8.78 Å². The number of esters is 1. The maximum atomic E-state index is 12.5. The molecule has 158 valence electrons. The Bertz CT molecular complexity index is 1040. The topological polar surface area (TPSA) is 75.6 Å². The largest absolute Gasteiger partial charge is 0.493 e. The van der Waals surface area contributed by atoms with Gasteiger partial charge in [0.15, 0.2) is 28.7 Å². The van der Waals surface area contributed by atoms with Crippen LogP contribution in [0.5, 0.6) is 23.0 Å². The van der Waals surface area contributed by atoms with Gasteiger partial charge >= 0.3 is 12.6 Å². The lowest BCUT2D eigenvalue weighted by atomic mass is 10.1. The summed E-state index contributed by atoms with van der Waals surface area (Å²) in [5.74, 6) is 0.228. The van der Waals surface area contributed by atoms with Crippen molar-refractivity contribution in [3.8, 4) is 23.0 Å². The Kier molecular flexibility index (Phi) is 6.56. The van der Waals surface area contributed by atoms with Gasteiger partial charge in [-0.15, -0.1) is 0 Å². The number of carbonyl (C=O) groups excluding carboxylic acids is 1. The van der Waals surface area contributed by atoms with Gasteiger partial charge in [0.05, 0.1) is 21.3 Å². The Balaban J connectivity index is 1.95. The molecule has 0 spiro atoms. The summed E-state index contributed by atoms with van der Waals surface area (Å²) in [6.07, 6.45) is 1.52. The van der Waals surface area contributed by atoms with E-state index in [2.05, 4.69) is 25.7 Å². The summed E-state index contributed by atoms with van der Waals surface area (Å²) >= 11 is 3.41. The van der Waals surface area contributed by atoms with E-state index in [1.807, 2.05) is 0 Å². The number of ether oxygens (including phenoxy) is 5. The molecule has 10 heteroatoms. The molecule has 1 aliphatic rings. The molecule has 0 fully saturated rings. The van der Waals surface area contributed by atoms with Gasteiger partial charge in [0.25, 0.3) is 0 Å². The zero-order chi connectivity index (χ0) is 21.8. The first kappa shape index (κ1) is 21.6. The number of cyclic esters (lactones) is 1. The molecule has 2 aromatic rings. The standard InChI is InChI=1S/C20H16BrF2NO6/c1-26-15-7-10(4-5-14(15)29-20(22)23)18-24-13(19(25)30-18)6-11-8-16(27-2)17(28-3)9-12(11)21/h4-9,20H,1-3H3/b13-6-. The van der Waals surface area contributed by atoms with Crippen LogP contribution in [0.25, 0.3) is 6.08 Å². The van der Waals surface area contributed by atoms with Crippen LogP contribution in [0.2, 0.25) is 0 Å². The predicted molar refractivity (Wildman–Crippen MR) is 107 cm³/mol. The SMILES string of the molecule is COc1cc(Br)c(/C=C2\N=C(c3ccc(OC(F)F)c(OC)c3)OC2=O)cc1OC. The van der Waals surface area contributed by atoms with Crippen molar-refractivity contribution in [1.29, 1.82) is 0 Å². The first-order valence-corrected chi connectivity index (χ1v) is 9.23. The van der Waals surface area contributed by atoms with Crippen molar-refractivity contribution in [2.75, 3.05) is 21.3 Å². The number of halogens is 3. The van der Waals surface area contributed by atoms with Crippen molar-refractivity contribution in [2.45, 2.75) is 6.61 Å². The van der Waals surface area contributed by atoms with Crippen molar-refractivity contribution in [1.82, 2.24) is 0 Å². The lowest BCUT2D eigenvalue weighted by Gasteiger charge is -2.10. The Morgan fingerprint density at radius 3 is 2.27 bits per heavy atom. The number of nitrogens with zero attached hydrogens (tertiary/aromatic N) is 1. The summed E-state index contributed by atoms with van der Waals surface area (Å²) in [4.78, 5) is 16.5. The maximum Gasteiger partial charge on any atom is 0.387 e. The second kappa shape index (κ2) is 9.12. The third-order valence-electron chi connectivity index (χ3n) is 4.04. The van der Waals surface area contributed by atoms with Gasteiger partial charge in [-0.3, -0.25) is 0 Å². The zero-order valence-electron chi connectivity index (χ0n) is 16.1. The number of rotatable bonds is 7. The Hall–Kier alpha value is -3.14. The molecule has 2 aromatic carbocycles. The third kappa shape index (κ3) is 4.54. The fraction of sp³-hybridized carbons (Fsp3) is 0.200. The lowest BCUT2D eigenvalue weighted by molar-refractivity contribution is -0.129. The minimum atomic E-state index is -3.00. The van der Waals surface area contributed by atoms with Gasteiger partial charge in [0.1, 0.15) is 0 Å². The first-order valence-electron chi connectivity index (χ1n) is 8.43. The van der Waals surface area contributed by atoms with E-state index < -0.39 is 12.6 Å². The highest BCUT2D eigenvalue weighted by atomic mass is 79.9. The van der Waals surface area contributed by atoms with E-state index >= 15 is 0 Å². The summed E-state index contributed by atoms with van der Waals surface area (Å²) in [6.45, 7) is -3.00. The van der Waals surface area contributed by atoms with Crippen LogP contribution in [0, 0.1) is 0 Å². The highest BCUT2D eigenvalue weighted by Gasteiger charge is 2.26. The predicted octanol–water partition coefficient (Wildman–Crippen LogP) is 4.42. The van der Waals surface area contributed by atoms with E-state index in [-0.39, 0.29) is 23.1 Å². The molecular formula is C20H16BrF2NO6. The fourth-order valence-corrected chi connectivity index (χ4v) is 3.09. The van der Waals surface area contributed by atoms with Gasteiger partial charge in [0, 0.05) is 10.0 Å². The number of alkyl halides is 2. The van der Waals surface area contributed by atoms with E-state index in [0.29, 0.717) is 27.1 Å². The van der Waals surface area contributed by atoms with Gasteiger partial charge in [0.2, 0.25) is 5.90 Å². The minimum Gasteiger partial charge on any atom is -0.493 e. The van der Waals surface area contributed by atoms with Crippen LogP contribution in [0.15, 0.2) is 45.5 Å². The highest BCUT2D eigenvalue weighted by molar-refractivity contribution is 9.10. The van der Waals surface area contributed by atoms with E-state index in [0.717, 1.165) is 0 Å². The van der Waals surface area contributed by atoms with Crippen molar-refractivity contribution >= 4 is 33.9 Å². The molecule has 3 rings (SSSR count). The maximum absolute atomic E-state index is 12.5. The summed E-state index contributed by atoms with van der Waals surface area (Å²) in [7, 11) is 4.32. The Morgan fingerprint density at radius 2 is 1.63 bits per heavy atom. The zero-order valence-corrected chi connectivity index (χ0v) is 17.7. The number of carbonyl (C=O) groups is 1. The molecule has 1 heterocycles. The molecule has 0 saturated carbocycles. The van der Waals surface area contributed by atoms with E-state index in [4.69, 9.17) is 18.9 Å².